The SMILES string of the molecule is N#Cc1c(NC(=O)c2noc3c2CC(NC(=O)c2cc4ncsc4[nH]2)CC3)sc2c1CCCC2. The van der Waals surface area contributed by atoms with Crippen LogP contribution in [0.2, 0.25) is 0 Å². The summed E-state index contributed by atoms with van der Waals surface area (Å²) in [5, 5.41) is 20.2. The van der Waals surface area contributed by atoms with Gasteiger partial charge in [-0.05, 0) is 50.2 Å². The first-order chi connectivity index (χ1) is 16.6. The molecule has 9 nitrogen and oxygen atoms in total. The molecule has 0 radical (unpaired) electrons. The lowest BCUT2D eigenvalue weighted by atomic mass is 9.91. The average molecular weight is 493 g/mol. The Kier molecular flexibility index (Phi) is 5.19. The van der Waals surface area contributed by atoms with Gasteiger partial charge < -0.3 is 20.1 Å². The number of aryl methyl sites for hydroxylation is 2. The van der Waals surface area contributed by atoms with Gasteiger partial charge in [0.2, 0.25) is 0 Å². The molecular weight excluding hydrogens is 472 g/mol. The van der Waals surface area contributed by atoms with Crippen LogP contribution in [0.1, 0.15) is 67.6 Å². The van der Waals surface area contributed by atoms with E-state index in [0.717, 1.165) is 41.6 Å². The summed E-state index contributed by atoms with van der Waals surface area (Å²) in [6.07, 6.45) is 5.71. The summed E-state index contributed by atoms with van der Waals surface area (Å²) in [4.78, 5) is 35.2. The molecule has 4 heterocycles. The summed E-state index contributed by atoms with van der Waals surface area (Å²) < 4.78 is 5.45. The zero-order chi connectivity index (χ0) is 23.2. The van der Waals surface area contributed by atoms with Crippen LogP contribution in [0.5, 0.6) is 0 Å². The fourth-order valence-corrected chi connectivity index (χ4v) is 6.68. The van der Waals surface area contributed by atoms with Crippen molar-refractivity contribution in [2.75, 3.05) is 5.32 Å². The molecule has 2 amide bonds. The summed E-state index contributed by atoms with van der Waals surface area (Å²) >= 11 is 2.93. The monoisotopic (exact) mass is 492 g/mol. The van der Waals surface area contributed by atoms with Crippen molar-refractivity contribution >= 4 is 49.8 Å². The van der Waals surface area contributed by atoms with Crippen LogP contribution < -0.4 is 10.6 Å². The number of hydrogen-bond donors (Lipinski definition) is 3. The van der Waals surface area contributed by atoms with Crippen LogP contribution in [-0.2, 0) is 25.7 Å². The number of amides is 2. The molecule has 1 unspecified atom stereocenters. The van der Waals surface area contributed by atoms with Gasteiger partial charge in [-0.1, -0.05) is 5.16 Å². The van der Waals surface area contributed by atoms with Gasteiger partial charge in [-0.2, -0.15) is 5.26 Å². The molecule has 0 saturated heterocycles. The van der Waals surface area contributed by atoms with Gasteiger partial charge in [-0.3, -0.25) is 9.59 Å². The fourth-order valence-electron chi connectivity index (χ4n) is 4.77. The average Bonchev–Trinajstić information content (AvgIpc) is 3.59. The molecule has 6 rings (SSSR count). The number of H-pyrrole nitrogens is 1. The Morgan fingerprint density at radius 1 is 1.21 bits per heavy atom. The number of rotatable bonds is 4. The quantitative estimate of drug-likeness (QED) is 0.394. The standard InChI is InChI=1S/C23H20N6O3S2/c24-9-14-12-3-1-2-4-18(12)34-22(14)28-21(31)19-13-7-11(5-6-17(13)32-29-19)26-20(30)15-8-16-23(27-15)33-10-25-16/h8,10-11,27H,1-7H2,(H,26,30)(H,28,31). The number of thiazole rings is 1. The van der Waals surface area contributed by atoms with Gasteiger partial charge in [0.1, 0.15) is 32.9 Å². The maximum Gasteiger partial charge on any atom is 0.278 e. The second-order valence-corrected chi connectivity index (χ2v) is 10.5. The summed E-state index contributed by atoms with van der Waals surface area (Å²) in [7, 11) is 0. The number of carbonyl (C=O) groups is 2. The molecule has 0 saturated carbocycles. The minimum Gasteiger partial charge on any atom is -0.360 e. The number of fused-ring (bicyclic) bond motifs is 3. The third-order valence-electron chi connectivity index (χ3n) is 6.47. The summed E-state index contributed by atoms with van der Waals surface area (Å²) in [6.45, 7) is 0. The zero-order valence-electron chi connectivity index (χ0n) is 18.1. The van der Waals surface area contributed by atoms with E-state index in [4.69, 9.17) is 4.52 Å². The van der Waals surface area contributed by atoms with E-state index in [1.807, 2.05) is 0 Å². The van der Waals surface area contributed by atoms with Crippen LogP contribution in [0.3, 0.4) is 0 Å². The Bertz CT molecular complexity index is 1440. The molecule has 3 N–H and O–H groups in total. The van der Waals surface area contributed by atoms with E-state index in [0.29, 0.717) is 46.8 Å². The number of carbonyl (C=O) groups excluding carboxylic acids is 2. The molecule has 2 aliphatic carbocycles. The second-order valence-electron chi connectivity index (χ2n) is 8.58. The highest BCUT2D eigenvalue weighted by Gasteiger charge is 2.31. The first-order valence-corrected chi connectivity index (χ1v) is 12.9. The van der Waals surface area contributed by atoms with Crippen LogP contribution >= 0.6 is 22.7 Å². The van der Waals surface area contributed by atoms with E-state index in [-0.39, 0.29) is 23.6 Å². The van der Waals surface area contributed by atoms with Crippen molar-refractivity contribution in [2.24, 2.45) is 0 Å². The third-order valence-corrected chi connectivity index (χ3v) is 8.43. The first kappa shape index (κ1) is 21.1. The number of nitrogens with zero attached hydrogens (tertiary/aromatic N) is 3. The van der Waals surface area contributed by atoms with Crippen LogP contribution in [0, 0.1) is 11.3 Å². The normalized spacial score (nSPS) is 17.1. The number of hydrogen-bond acceptors (Lipinski definition) is 8. The Morgan fingerprint density at radius 2 is 2.09 bits per heavy atom. The van der Waals surface area contributed by atoms with Gasteiger partial charge in [0.25, 0.3) is 11.8 Å². The van der Waals surface area contributed by atoms with E-state index in [1.54, 1.807) is 11.6 Å². The number of nitriles is 1. The molecule has 172 valence electrons. The predicted molar refractivity (Wildman–Crippen MR) is 127 cm³/mol. The minimum absolute atomic E-state index is 0.149. The van der Waals surface area contributed by atoms with Crippen LogP contribution in [-0.4, -0.2) is 33.0 Å². The molecule has 34 heavy (non-hydrogen) atoms. The second kappa shape index (κ2) is 8.38. The molecule has 0 fully saturated rings. The van der Waals surface area contributed by atoms with Gasteiger partial charge >= 0.3 is 0 Å². The molecule has 0 bridgehead atoms. The predicted octanol–water partition coefficient (Wildman–Crippen LogP) is 3.96. The van der Waals surface area contributed by atoms with Crippen LogP contribution in [0.15, 0.2) is 16.1 Å². The Balaban J connectivity index is 1.19. The van der Waals surface area contributed by atoms with Gasteiger partial charge in [0, 0.05) is 22.9 Å². The molecule has 1 atom stereocenters. The van der Waals surface area contributed by atoms with Crippen molar-refractivity contribution in [1.82, 2.24) is 20.4 Å². The molecule has 4 aromatic rings. The maximum atomic E-state index is 13.1. The first-order valence-electron chi connectivity index (χ1n) is 11.2. The van der Waals surface area contributed by atoms with Crippen molar-refractivity contribution in [1.29, 1.82) is 5.26 Å². The number of aromatic nitrogens is 3. The van der Waals surface area contributed by atoms with Crippen molar-refractivity contribution in [3.63, 3.8) is 0 Å². The fraction of sp³-hybridized carbons (Fsp3) is 0.348. The molecule has 4 aromatic heterocycles. The Morgan fingerprint density at radius 3 is 2.94 bits per heavy atom. The van der Waals surface area contributed by atoms with E-state index in [1.165, 1.54) is 27.6 Å². The molecule has 2 aliphatic rings. The van der Waals surface area contributed by atoms with Crippen LogP contribution in [0.4, 0.5) is 5.00 Å². The Labute approximate surface area is 202 Å². The van der Waals surface area contributed by atoms with Gasteiger partial charge in [0.15, 0.2) is 5.69 Å². The van der Waals surface area contributed by atoms with Crippen molar-refractivity contribution in [2.45, 2.75) is 51.0 Å². The third kappa shape index (κ3) is 3.59. The van der Waals surface area contributed by atoms with E-state index >= 15 is 0 Å². The highest BCUT2D eigenvalue weighted by molar-refractivity contribution is 7.17. The zero-order valence-corrected chi connectivity index (χ0v) is 19.7. The number of nitrogens with one attached hydrogen (secondary N) is 3. The molecule has 0 spiro atoms. The largest absolute Gasteiger partial charge is 0.360 e. The number of thiophene rings is 1. The molecule has 0 aromatic carbocycles. The van der Waals surface area contributed by atoms with Gasteiger partial charge in [-0.25, -0.2) is 4.98 Å². The molecule has 11 heteroatoms. The smallest absolute Gasteiger partial charge is 0.278 e. The van der Waals surface area contributed by atoms with Crippen LogP contribution in [0.25, 0.3) is 10.3 Å². The van der Waals surface area contributed by atoms with Gasteiger partial charge in [0.05, 0.1) is 11.1 Å². The van der Waals surface area contributed by atoms with E-state index in [9.17, 15) is 14.9 Å². The molecule has 0 aliphatic heterocycles. The Hall–Kier alpha value is -3.49. The lowest BCUT2D eigenvalue weighted by Gasteiger charge is -2.22. The maximum absolute atomic E-state index is 13.1. The minimum atomic E-state index is -0.386. The summed E-state index contributed by atoms with van der Waals surface area (Å²) in [5.74, 6) is 0.0814. The van der Waals surface area contributed by atoms with Crippen molar-refractivity contribution in [3.05, 3.63) is 50.3 Å². The van der Waals surface area contributed by atoms with E-state index < -0.39 is 0 Å². The van der Waals surface area contributed by atoms with Gasteiger partial charge in [-0.15, -0.1) is 22.7 Å². The summed E-state index contributed by atoms with van der Waals surface area (Å²) in [6, 6.07) is 3.85. The lowest BCUT2D eigenvalue weighted by molar-refractivity contribution is 0.0928. The van der Waals surface area contributed by atoms with E-state index in [2.05, 4.69) is 31.8 Å². The number of aromatic amines is 1. The summed E-state index contributed by atoms with van der Waals surface area (Å²) in [5.41, 5.74) is 5.53. The van der Waals surface area contributed by atoms with Crippen molar-refractivity contribution < 1.29 is 14.1 Å². The molecular formula is C23H20N6O3S2. The van der Waals surface area contributed by atoms with Crippen molar-refractivity contribution in [3.8, 4) is 6.07 Å². The highest BCUT2D eigenvalue weighted by Crippen LogP contribution is 2.38. The lowest BCUT2D eigenvalue weighted by Crippen LogP contribution is -2.39. The highest BCUT2D eigenvalue weighted by atomic mass is 32.1. The topological polar surface area (TPSA) is 137 Å². The number of anilines is 1.